The van der Waals surface area contributed by atoms with Crippen LogP contribution in [0.5, 0.6) is 5.75 Å². The van der Waals surface area contributed by atoms with Crippen LogP contribution in [0.2, 0.25) is 0 Å². The highest BCUT2D eigenvalue weighted by Gasteiger charge is 2.42. The van der Waals surface area contributed by atoms with Gasteiger partial charge in [0.05, 0.1) is 19.3 Å². The zero-order valence-corrected chi connectivity index (χ0v) is 14.5. The van der Waals surface area contributed by atoms with Crippen LogP contribution in [-0.4, -0.2) is 52.2 Å². The number of amides is 1. The van der Waals surface area contributed by atoms with Crippen LogP contribution >= 0.6 is 11.5 Å². The molecule has 0 saturated carbocycles. The summed E-state index contributed by atoms with van der Waals surface area (Å²) >= 11 is 0.968. The van der Waals surface area contributed by atoms with Gasteiger partial charge in [-0.1, -0.05) is 16.6 Å². The summed E-state index contributed by atoms with van der Waals surface area (Å²) in [5.41, 5.74) is 0.497. The van der Waals surface area contributed by atoms with Crippen molar-refractivity contribution >= 4 is 23.4 Å². The van der Waals surface area contributed by atoms with Crippen molar-refractivity contribution in [1.82, 2.24) is 14.5 Å². The van der Waals surface area contributed by atoms with E-state index in [0.717, 1.165) is 11.5 Å². The number of ether oxygens (including phenoxy) is 2. The number of aryl methyl sites for hydroxylation is 1. The predicted octanol–water partition coefficient (Wildman–Crippen LogP) is 1.82. The molecule has 2 unspecified atom stereocenters. The van der Waals surface area contributed by atoms with Gasteiger partial charge in [0.2, 0.25) is 0 Å². The maximum absolute atomic E-state index is 13.8. The fraction of sp³-hybridized carbons (Fsp3) is 0.375. The minimum atomic E-state index is -0.796. The van der Waals surface area contributed by atoms with Crippen molar-refractivity contribution in [2.75, 3.05) is 13.7 Å². The van der Waals surface area contributed by atoms with Crippen molar-refractivity contribution in [3.8, 4) is 5.75 Å². The summed E-state index contributed by atoms with van der Waals surface area (Å²) in [5.74, 6) is -1.31. The number of hydrogen-bond donors (Lipinski definition) is 0. The normalized spacial score (nSPS) is 19.7. The highest BCUT2D eigenvalue weighted by atomic mass is 32.1. The molecule has 0 spiro atoms. The molecule has 7 nitrogen and oxygen atoms in total. The second-order valence-electron chi connectivity index (χ2n) is 5.59. The van der Waals surface area contributed by atoms with Crippen LogP contribution in [0.1, 0.15) is 21.8 Å². The second-order valence-corrected chi connectivity index (χ2v) is 6.34. The Kier molecular flexibility index (Phi) is 4.93. The van der Waals surface area contributed by atoms with Gasteiger partial charge in [0.25, 0.3) is 5.91 Å². The van der Waals surface area contributed by atoms with E-state index in [0.29, 0.717) is 10.6 Å². The number of nitrogens with zero attached hydrogens (tertiary/aromatic N) is 3. The van der Waals surface area contributed by atoms with E-state index in [-0.39, 0.29) is 24.6 Å². The first kappa shape index (κ1) is 17.3. The Hall–Kier alpha value is -2.55. The van der Waals surface area contributed by atoms with Crippen LogP contribution in [0.3, 0.4) is 0 Å². The smallest absolute Gasteiger partial charge is 0.328 e. The molecule has 0 N–H and O–H groups in total. The first-order valence-corrected chi connectivity index (χ1v) is 8.37. The average Bonchev–Trinajstić information content (AvgIpc) is 3.22. The SMILES string of the molecule is COC(=O)C1CC(Oc2ccccc2F)CN1C(=O)c1snnc1C. The minimum Gasteiger partial charge on any atom is -0.485 e. The summed E-state index contributed by atoms with van der Waals surface area (Å²) in [7, 11) is 1.26. The Balaban J connectivity index is 1.81. The standard InChI is InChI=1S/C16H16FN3O4S/c1-9-14(25-19-18-9)15(21)20-8-10(7-12(20)16(22)23-2)24-13-6-4-3-5-11(13)17/h3-6,10,12H,7-8H2,1-2H3. The van der Waals surface area contributed by atoms with E-state index < -0.39 is 23.9 Å². The number of hydrogen-bond acceptors (Lipinski definition) is 7. The Labute approximate surface area is 147 Å². The van der Waals surface area contributed by atoms with Gasteiger partial charge < -0.3 is 14.4 Å². The lowest BCUT2D eigenvalue weighted by Crippen LogP contribution is -2.41. The minimum absolute atomic E-state index is 0.0843. The van der Waals surface area contributed by atoms with Gasteiger partial charge in [-0.25, -0.2) is 9.18 Å². The van der Waals surface area contributed by atoms with Crippen LogP contribution in [0.4, 0.5) is 4.39 Å². The summed E-state index contributed by atoms with van der Waals surface area (Å²) in [6.45, 7) is 1.82. The van der Waals surface area contributed by atoms with Crippen LogP contribution in [0.25, 0.3) is 0 Å². The molecule has 2 aromatic rings. The second kappa shape index (κ2) is 7.14. The van der Waals surface area contributed by atoms with Gasteiger partial charge in [-0.2, -0.15) is 0 Å². The molecule has 25 heavy (non-hydrogen) atoms. The quantitative estimate of drug-likeness (QED) is 0.769. The first-order valence-electron chi connectivity index (χ1n) is 7.60. The van der Waals surface area contributed by atoms with Crippen molar-refractivity contribution in [2.24, 2.45) is 0 Å². The molecule has 0 bridgehead atoms. The van der Waals surface area contributed by atoms with Gasteiger partial charge in [0.1, 0.15) is 17.0 Å². The van der Waals surface area contributed by atoms with Crippen molar-refractivity contribution in [3.63, 3.8) is 0 Å². The van der Waals surface area contributed by atoms with E-state index in [1.165, 1.54) is 24.1 Å². The number of aromatic nitrogens is 2. The Morgan fingerprint density at radius 2 is 2.12 bits per heavy atom. The van der Waals surface area contributed by atoms with Crippen molar-refractivity contribution in [1.29, 1.82) is 0 Å². The molecular weight excluding hydrogens is 349 g/mol. The zero-order chi connectivity index (χ0) is 18.0. The summed E-state index contributed by atoms with van der Waals surface area (Å²) in [4.78, 5) is 26.6. The van der Waals surface area contributed by atoms with E-state index in [2.05, 4.69) is 9.59 Å². The molecule has 1 aromatic carbocycles. The molecule has 132 valence electrons. The van der Waals surface area contributed by atoms with E-state index in [4.69, 9.17) is 9.47 Å². The number of esters is 1. The number of rotatable bonds is 4. The maximum Gasteiger partial charge on any atom is 0.328 e. The third-order valence-corrected chi connectivity index (χ3v) is 4.79. The number of halogens is 1. The summed E-state index contributed by atoms with van der Waals surface area (Å²) in [5, 5.41) is 3.82. The molecule has 1 aliphatic rings. The molecule has 1 saturated heterocycles. The van der Waals surface area contributed by atoms with Gasteiger partial charge in [-0.15, -0.1) is 5.10 Å². The number of methoxy groups -OCH3 is 1. The van der Waals surface area contributed by atoms with E-state index in [1.807, 2.05) is 0 Å². The lowest BCUT2D eigenvalue weighted by molar-refractivity contribution is -0.145. The highest BCUT2D eigenvalue weighted by Crippen LogP contribution is 2.28. The van der Waals surface area contributed by atoms with E-state index in [1.54, 1.807) is 19.1 Å². The fourth-order valence-corrected chi connectivity index (χ4v) is 3.36. The number of carbonyl (C=O) groups excluding carboxylic acids is 2. The molecule has 1 aliphatic heterocycles. The van der Waals surface area contributed by atoms with Gasteiger partial charge in [0, 0.05) is 6.42 Å². The van der Waals surface area contributed by atoms with Crippen molar-refractivity contribution in [3.05, 3.63) is 40.7 Å². The van der Waals surface area contributed by atoms with E-state index >= 15 is 0 Å². The van der Waals surface area contributed by atoms with Crippen LogP contribution in [0, 0.1) is 12.7 Å². The summed E-state index contributed by atoms with van der Waals surface area (Å²) in [6.07, 6.45) is -0.302. The van der Waals surface area contributed by atoms with Gasteiger partial charge in [-0.3, -0.25) is 4.79 Å². The predicted molar refractivity (Wildman–Crippen MR) is 86.9 cm³/mol. The molecule has 1 aromatic heterocycles. The Bertz CT molecular complexity index is 797. The molecule has 1 amide bonds. The summed E-state index contributed by atoms with van der Waals surface area (Å²) < 4.78 is 28.0. The van der Waals surface area contributed by atoms with Gasteiger partial charge in [0.15, 0.2) is 11.6 Å². The Morgan fingerprint density at radius 3 is 2.76 bits per heavy atom. The monoisotopic (exact) mass is 365 g/mol. The zero-order valence-electron chi connectivity index (χ0n) is 13.6. The molecule has 2 atom stereocenters. The van der Waals surface area contributed by atoms with Crippen LogP contribution < -0.4 is 4.74 Å². The molecular formula is C16H16FN3O4S. The maximum atomic E-state index is 13.8. The number of likely N-dealkylation sites (tertiary alicyclic amines) is 1. The molecule has 9 heteroatoms. The Morgan fingerprint density at radius 1 is 1.36 bits per heavy atom. The lowest BCUT2D eigenvalue weighted by Gasteiger charge is -2.21. The molecule has 3 rings (SSSR count). The van der Waals surface area contributed by atoms with Crippen LogP contribution in [-0.2, 0) is 9.53 Å². The lowest BCUT2D eigenvalue weighted by atomic mass is 10.2. The molecule has 1 fully saturated rings. The summed E-state index contributed by atoms with van der Waals surface area (Å²) in [6, 6.07) is 5.21. The molecule has 2 heterocycles. The highest BCUT2D eigenvalue weighted by molar-refractivity contribution is 7.08. The largest absolute Gasteiger partial charge is 0.485 e. The number of benzene rings is 1. The third-order valence-electron chi connectivity index (χ3n) is 3.97. The van der Waals surface area contributed by atoms with Crippen molar-refractivity contribution < 1.29 is 23.5 Å². The van der Waals surface area contributed by atoms with E-state index in [9.17, 15) is 14.0 Å². The average molecular weight is 365 g/mol. The fourth-order valence-electron chi connectivity index (χ4n) is 2.74. The van der Waals surface area contributed by atoms with Crippen LogP contribution in [0.15, 0.2) is 24.3 Å². The molecule has 0 radical (unpaired) electrons. The third kappa shape index (κ3) is 3.46. The molecule has 0 aliphatic carbocycles. The topological polar surface area (TPSA) is 81.6 Å². The van der Waals surface area contributed by atoms with Gasteiger partial charge >= 0.3 is 5.97 Å². The number of carbonyl (C=O) groups is 2. The number of para-hydroxylation sites is 1. The van der Waals surface area contributed by atoms with Crippen molar-refractivity contribution in [2.45, 2.75) is 25.5 Å². The first-order chi connectivity index (χ1) is 12.0. The van der Waals surface area contributed by atoms with Gasteiger partial charge in [-0.05, 0) is 30.6 Å².